The van der Waals surface area contributed by atoms with Crippen molar-refractivity contribution in [2.75, 3.05) is 17.6 Å². The van der Waals surface area contributed by atoms with Crippen LogP contribution in [0.5, 0.6) is 0 Å². The second kappa shape index (κ2) is 9.59. The normalized spacial score (nSPS) is 16.7. The molecule has 3 aromatic rings. The Bertz CT molecular complexity index is 1020. The minimum absolute atomic E-state index is 0.0403. The van der Waals surface area contributed by atoms with Gasteiger partial charge in [0.2, 0.25) is 11.8 Å². The van der Waals surface area contributed by atoms with Crippen LogP contribution in [0.1, 0.15) is 23.4 Å². The molecule has 1 saturated heterocycles. The standard InChI is InChI=1S/C22H24N4O2S2/c23-22(28)18-9-5-11-26(18)12-15-6-1-2-7-16(15)24-20(27)13-29-14-21-25-17-8-3-4-10-19(17)30-21/h1-4,6-8,10,18H,5,9,11-14H2,(H2,23,28)(H,24,27). The van der Waals surface area contributed by atoms with Crippen LogP contribution in [0.3, 0.4) is 0 Å². The summed E-state index contributed by atoms with van der Waals surface area (Å²) >= 11 is 3.22. The Kier molecular flexibility index (Phi) is 6.66. The number of thiazole rings is 1. The number of nitrogens with two attached hydrogens (primary N) is 1. The van der Waals surface area contributed by atoms with Crippen molar-refractivity contribution in [3.63, 3.8) is 0 Å². The lowest BCUT2D eigenvalue weighted by molar-refractivity contribution is -0.122. The van der Waals surface area contributed by atoms with Crippen LogP contribution >= 0.6 is 23.1 Å². The van der Waals surface area contributed by atoms with Gasteiger partial charge in [-0.2, -0.15) is 0 Å². The maximum absolute atomic E-state index is 12.5. The lowest BCUT2D eigenvalue weighted by Gasteiger charge is -2.23. The lowest BCUT2D eigenvalue weighted by Crippen LogP contribution is -2.39. The van der Waals surface area contributed by atoms with E-state index in [1.807, 2.05) is 42.5 Å². The summed E-state index contributed by atoms with van der Waals surface area (Å²) in [6, 6.07) is 15.6. The smallest absolute Gasteiger partial charge is 0.234 e. The number of hydrogen-bond donors (Lipinski definition) is 2. The number of thioether (sulfide) groups is 1. The topological polar surface area (TPSA) is 88.3 Å². The monoisotopic (exact) mass is 440 g/mol. The molecular formula is C22H24N4O2S2. The van der Waals surface area contributed by atoms with Crippen LogP contribution in [0.15, 0.2) is 48.5 Å². The summed E-state index contributed by atoms with van der Waals surface area (Å²) in [7, 11) is 0. The van der Waals surface area contributed by atoms with Crippen LogP contribution < -0.4 is 11.1 Å². The third-order valence-electron chi connectivity index (χ3n) is 5.15. The number of fused-ring (bicyclic) bond motifs is 1. The molecular weight excluding hydrogens is 416 g/mol. The average Bonchev–Trinajstić information content (AvgIpc) is 3.36. The molecule has 4 rings (SSSR count). The van der Waals surface area contributed by atoms with Crippen molar-refractivity contribution in [2.45, 2.75) is 31.2 Å². The Morgan fingerprint density at radius 2 is 2.00 bits per heavy atom. The van der Waals surface area contributed by atoms with Gasteiger partial charge in [0.05, 0.1) is 22.0 Å². The second-order valence-electron chi connectivity index (χ2n) is 7.30. The first-order chi connectivity index (χ1) is 14.6. The van der Waals surface area contributed by atoms with E-state index in [2.05, 4.69) is 21.3 Å². The average molecular weight is 441 g/mol. The highest BCUT2D eigenvalue weighted by Gasteiger charge is 2.29. The minimum atomic E-state index is -0.278. The Balaban J connectivity index is 1.32. The van der Waals surface area contributed by atoms with Gasteiger partial charge in [0.15, 0.2) is 0 Å². The Morgan fingerprint density at radius 3 is 2.83 bits per heavy atom. The SMILES string of the molecule is NC(=O)C1CCCN1Cc1ccccc1NC(=O)CSCc1nc2ccccc2s1. The number of carbonyl (C=O) groups is 2. The molecule has 2 heterocycles. The van der Waals surface area contributed by atoms with Gasteiger partial charge in [-0.15, -0.1) is 23.1 Å². The van der Waals surface area contributed by atoms with Gasteiger partial charge >= 0.3 is 0 Å². The number of benzene rings is 2. The molecule has 1 unspecified atom stereocenters. The highest BCUT2D eigenvalue weighted by molar-refractivity contribution is 7.99. The fourth-order valence-electron chi connectivity index (χ4n) is 3.74. The maximum Gasteiger partial charge on any atom is 0.234 e. The van der Waals surface area contributed by atoms with E-state index in [-0.39, 0.29) is 17.9 Å². The number of nitrogens with zero attached hydrogens (tertiary/aromatic N) is 2. The summed E-state index contributed by atoms with van der Waals surface area (Å²) < 4.78 is 1.17. The first-order valence-electron chi connectivity index (χ1n) is 9.93. The summed E-state index contributed by atoms with van der Waals surface area (Å²) in [6.07, 6.45) is 1.76. The van der Waals surface area contributed by atoms with Crippen LogP contribution in [0.4, 0.5) is 5.69 Å². The molecule has 2 aromatic carbocycles. The van der Waals surface area contributed by atoms with Crippen LogP contribution in [-0.4, -0.2) is 40.0 Å². The summed E-state index contributed by atoms with van der Waals surface area (Å²) in [5.74, 6) is 0.752. The summed E-state index contributed by atoms with van der Waals surface area (Å²) in [4.78, 5) is 30.9. The number of nitrogens with one attached hydrogen (secondary N) is 1. The number of rotatable bonds is 8. The van der Waals surface area contributed by atoms with Crippen molar-refractivity contribution >= 4 is 50.8 Å². The van der Waals surface area contributed by atoms with Gasteiger partial charge in [-0.1, -0.05) is 30.3 Å². The number of amides is 2. The zero-order valence-electron chi connectivity index (χ0n) is 16.5. The van der Waals surface area contributed by atoms with E-state index in [0.717, 1.165) is 41.2 Å². The molecule has 6 nitrogen and oxygen atoms in total. The Labute approximate surface area is 183 Å². The lowest BCUT2D eigenvalue weighted by atomic mass is 10.1. The fourth-order valence-corrected chi connectivity index (χ4v) is 5.58. The third-order valence-corrected chi connectivity index (χ3v) is 7.32. The quantitative estimate of drug-likeness (QED) is 0.559. The predicted molar refractivity (Wildman–Crippen MR) is 123 cm³/mol. The third kappa shape index (κ3) is 5.00. The van der Waals surface area contributed by atoms with E-state index in [4.69, 9.17) is 5.73 Å². The molecule has 1 aliphatic rings. The molecule has 1 aromatic heterocycles. The molecule has 0 aliphatic carbocycles. The van der Waals surface area contributed by atoms with E-state index >= 15 is 0 Å². The summed E-state index contributed by atoms with van der Waals surface area (Å²) in [5.41, 5.74) is 8.32. The van der Waals surface area contributed by atoms with E-state index in [1.54, 1.807) is 23.1 Å². The molecule has 30 heavy (non-hydrogen) atoms. The fraction of sp³-hybridized carbons (Fsp3) is 0.318. The van der Waals surface area contributed by atoms with Gasteiger partial charge < -0.3 is 11.1 Å². The zero-order chi connectivity index (χ0) is 20.9. The largest absolute Gasteiger partial charge is 0.368 e. The van der Waals surface area contributed by atoms with Gasteiger partial charge in [-0.05, 0) is 43.1 Å². The second-order valence-corrected chi connectivity index (χ2v) is 9.41. The van der Waals surface area contributed by atoms with Crippen LogP contribution in [-0.2, 0) is 21.9 Å². The van der Waals surface area contributed by atoms with E-state index in [1.165, 1.54) is 4.70 Å². The number of primary amides is 1. The minimum Gasteiger partial charge on any atom is -0.368 e. The summed E-state index contributed by atoms with van der Waals surface area (Å²) in [6.45, 7) is 1.44. The van der Waals surface area contributed by atoms with Gasteiger partial charge in [-0.3, -0.25) is 14.5 Å². The predicted octanol–water partition coefficient (Wildman–Crippen LogP) is 3.62. The molecule has 0 spiro atoms. The molecule has 1 fully saturated rings. The zero-order valence-corrected chi connectivity index (χ0v) is 18.2. The van der Waals surface area contributed by atoms with Crippen molar-refractivity contribution in [3.05, 3.63) is 59.1 Å². The molecule has 156 valence electrons. The molecule has 1 aliphatic heterocycles. The van der Waals surface area contributed by atoms with Gasteiger partial charge in [0.1, 0.15) is 5.01 Å². The number of carbonyl (C=O) groups excluding carboxylic acids is 2. The highest BCUT2D eigenvalue weighted by Crippen LogP contribution is 2.26. The molecule has 0 radical (unpaired) electrons. The van der Waals surface area contributed by atoms with Crippen molar-refractivity contribution in [1.82, 2.24) is 9.88 Å². The van der Waals surface area contributed by atoms with Gasteiger partial charge in [-0.25, -0.2) is 4.98 Å². The number of anilines is 1. The first-order valence-corrected chi connectivity index (χ1v) is 11.9. The van der Waals surface area contributed by atoms with Crippen LogP contribution in [0.2, 0.25) is 0 Å². The Morgan fingerprint density at radius 1 is 1.20 bits per heavy atom. The maximum atomic E-state index is 12.5. The first kappa shape index (κ1) is 20.8. The van der Waals surface area contributed by atoms with Gasteiger partial charge in [0.25, 0.3) is 0 Å². The van der Waals surface area contributed by atoms with Gasteiger partial charge in [0, 0.05) is 18.0 Å². The van der Waals surface area contributed by atoms with Crippen molar-refractivity contribution in [1.29, 1.82) is 0 Å². The van der Waals surface area contributed by atoms with Crippen molar-refractivity contribution in [2.24, 2.45) is 5.73 Å². The molecule has 8 heteroatoms. The number of aromatic nitrogens is 1. The van der Waals surface area contributed by atoms with E-state index < -0.39 is 0 Å². The Hall–Kier alpha value is -2.42. The molecule has 0 bridgehead atoms. The number of hydrogen-bond acceptors (Lipinski definition) is 6. The van der Waals surface area contributed by atoms with Crippen molar-refractivity contribution < 1.29 is 9.59 Å². The molecule has 0 saturated carbocycles. The number of likely N-dealkylation sites (tertiary alicyclic amines) is 1. The van der Waals surface area contributed by atoms with E-state index in [9.17, 15) is 9.59 Å². The highest BCUT2D eigenvalue weighted by atomic mass is 32.2. The van der Waals surface area contributed by atoms with Crippen molar-refractivity contribution in [3.8, 4) is 0 Å². The summed E-state index contributed by atoms with van der Waals surface area (Å²) in [5, 5.41) is 4.05. The molecule has 2 amide bonds. The van der Waals surface area contributed by atoms with Crippen LogP contribution in [0.25, 0.3) is 10.2 Å². The molecule has 3 N–H and O–H groups in total. The number of para-hydroxylation sites is 2. The molecule has 1 atom stereocenters. The van der Waals surface area contributed by atoms with Crippen LogP contribution in [0, 0.1) is 0 Å². The van der Waals surface area contributed by atoms with E-state index in [0.29, 0.717) is 18.1 Å².